The molecular formula is C27H23N5O3. The van der Waals surface area contributed by atoms with E-state index in [9.17, 15) is 0 Å². The molecule has 0 radical (unpaired) electrons. The molecule has 4 heterocycles. The van der Waals surface area contributed by atoms with Crippen molar-refractivity contribution < 1.29 is 13.8 Å². The average Bonchev–Trinajstić information content (AvgIpc) is 3.52. The van der Waals surface area contributed by atoms with Gasteiger partial charge < -0.3 is 18.8 Å². The molecule has 174 valence electrons. The lowest BCUT2D eigenvalue weighted by Gasteiger charge is -2.10. The van der Waals surface area contributed by atoms with E-state index < -0.39 is 0 Å². The Kier molecular flexibility index (Phi) is 4.70. The Morgan fingerprint density at radius 1 is 0.857 bits per heavy atom. The van der Waals surface area contributed by atoms with E-state index in [0.717, 1.165) is 67.0 Å². The number of fused-ring (bicyclic) bond motifs is 3. The van der Waals surface area contributed by atoms with Crippen molar-refractivity contribution >= 4 is 21.9 Å². The lowest BCUT2D eigenvalue weighted by Crippen LogP contribution is -1.95. The van der Waals surface area contributed by atoms with E-state index in [2.05, 4.69) is 21.4 Å². The number of nitrogens with zero attached hydrogens (tertiary/aromatic N) is 4. The number of H-pyrrole nitrogens is 1. The summed E-state index contributed by atoms with van der Waals surface area (Å²) in [6.07, 6.45) is 0. The van der Waals surface area contributed by atoms with Crippen molar-refractivity contribution in [3.8, 4) is 39.5 Å². The maximum absolute atomic E-state index is 5.82. The second kappa shape index (κ2) is 7.80. The second-order valence-electron chi connectivity index (χ2n) is 8.60. The molecule has 0 saturated heterocycles. The van der Waals surface area contributed by atoms with Crippen LogP contribution >= 0.6 is 0 Å². The van der Waals surface area contributed by atoms with Crippen molar-refractivity contribution in [3.05, 3.63) is 65.4 Å². The van der Waals surface area contributed by atoms with Crippen LogP contribution in [0, 0.1) is 27.7 Å². The van der Waals surface area contributed by atoms with Gasteiger partial charge in [-0.3, -0.25) is 0 Å². The van der Waals surface area contributed by atoms with Crippen LogP contribution in [-0.4, -0.2) is 32.4 Å². The summed E-state index contributed by atoms with van der Waals surface area (Å²) in [5, 5.41) is 10.2. The van der Waals surface area contributed by atoms with E-state index in [1.807, 2.05) is 64.1 Å². The molecule has 4 aromatic heterocycles. The molecule has 0 unspecified atom stereocenters. The topological polar surface area (TPSA) is 103 Å². The minimum atomic E-state index is 0.650. The molecule has 0 aliphatic carbocycles. The van der Waals surface area contributed by atoms with Gasteiger partial charge in [0, 0.05) is 22.0 Å². The monoisotopic (exact) mass is 465 g/mol. The van der Waals surface area contributed by atoms with Crippen LogP contribution in [-0.2, 0) is 0 Å². The predicted octanol–water partition coefficient (Wildman–Crippen LogP) is 6.33. The third kappa shape index (κ3) is 3.21. The molecule has 8 nitrogen and oxygen atoms in total. The van der Waals surface area contributed by atoms with Crippen LogP contribution in [0.4, 0.5) is 0 Å². The molecular weight excluding hydrogens is 442 g/mol. The van der Waals surface area contributed by atoms with Gasteiger partial charge >= 0.3 is 0 Å². The first-order chi connectivity index (χ1) is 17.0. The number of aromatic amines is 1. The Morgan fingerprint density at radius 3 is 2.31 bits per heavy atom. The Bertz CT molecular complexity index is 1710. The summed E-state index contributed by atoms with van der Waals surface area (Å²) >= 11 is 0. The molecule has 0 atom stereocenters. The summed E-state index contributed by atoms with van der Waals surface area (Å²) in [7, 11) is 1.66. The first-order valence-electron chi connectivity index (χ1n) is 11.3. The number of aromatic nitrogens is 5. The molecule has 0 spiro atoms. The van der Waals surface area contributed by atoms with Gasteiger partial charge in [-0.05, 0) is 39.8 Å². The van der Waals surface area contributed by atoms with Crippen molar-refractivity contribution in [2.75, 3.05) is 7.11 Å². The third-order valence-corrected chi connectivity index (χ3v) is 6.32. The van der Waals surface area contributed by atoms with E-state index in [0.29, 0.717) is 17.3 Å². The molecule has 6 aromatic rings. The first kappa shape index (κ1) is 21.1. The Labute approximate surface area is 200 Å². The van der Waals surface area contributed by atoms with Crippen LogP contribution in [0.2, 0.25) is 0 Å². The van der Waals surface area contributed by atoms with Gasteiger partial charge in [0.25, 0.3) is 0 Å². The maximum Gasteiger partial charge on any atom is 0.176 e. The van der Waals surface area contributed by atoms with Crippen LogP contribution in [0.25, 0.3) is 55.6 Å². The fraction of sp³-hybridized carbons (Fsp3) is 0.185. The number of aryl methyl sites for hydroxylation is 4. The smallest absolute Gasteiger partial charge is 0.176 e. The van der Waals surface area contributed by atoms with Crippen LogP contribution in [0.1, 0.15) is 23.0 Å². The summed E-state index contributed by atoms with van der Waals surface area (Å²) in [5.74, 6) is 2.78. The fourth-order valence-corrected chi connectivity index (χ4v) is 4.78. The van der Waals surface area contributed by atoms with Crippen LogP contribution in [0.15, 0.2) is 51.5 Å². The van der Waals surface area contributed by atoms with Crippen molar-refractivity contribution in [2.45, 2.75) is 27.7 Å². The summed E-state index contributed by atoms with van der Waals surface area (Å²) in [5.41, 5.74) is 7.59. The van der Waals surface area contributed by atoms with Gasteiger partial charge in [0.1, 0.15) is 23.0 Å². The van der Waals surface area contributed by atoms with Crippen LogP contribution < -0.4 is 4.74 Å². The molecule has 0 aliphatic heterocycles. The SMILES string of the molecule is COc1cc2c(cc1-c1c(C)noc1C)[nH]c1nc(C)nc(-c3c(C)noc3-c3ccccc3)c12. The molecule has 6 rings (SSSR count). The van der Waals surface area contributed by atoms with Crippen LogP contribution in [0.5, 0.6) is 5.75 Å². The Balaban J connectivity index is 1.68. The lowest BCUT2D eigenvalue weighted by atomic mass is 9.98. The first-order valence-corrected chi connectivity index (χ1v) is 11.3. The number of rotatable bonds is 4. The van der Waals surface area contributed by atoms with Gasteiger partial charge in [-0.15, -0.1) is 0 Å². The highest BCUT2D eigenvalue weighted by Crippen LogP contribution is 2.43. The zero-order valence-corrected chi connectivity index (χ0v) is 20.1. The van der Waals surface area contributed by atoms with Gasteiger partial charge in [0.05, 0.1) is 40.7 Å². The van der Waals surface area contributed by atoms with E-state index in [1.54, 1.807) is 7.11 Å². The predicted molar refractivity (Wildman–Crippen MR) is 133 cm³/mol. The molecule has 0 amide bonds. The number of hydrogen-bond donors (Lipinski definition) is 1. The van der Waals surface area contributed by atoms with Gasteiger partial charge in [-0.1, -0.05) is 40.6 Å². The molecule has 0 bridgehead atoms. The minimum Gasteiger partial charge on any atom is -0.496 e. The zero-order chi connectivity index (χ0) is 24.3. The molecule has 0 fully saturated rings. The van der Waals surface area contributed by atoms with E-state index in [4.69, 9.17) is 23.8 Å². The van der Waals surface area contributed by atoms with Crippen LogP contribution in [0.3, 0.4) is 0 Å². The fourth-order valence-electron chi connectivity index (χ4n) is 4.78. The normalized spacial score (nSPS) is 11.6. The number of ether oxygens (including phenoxy) is 1. The number of hydrogen-bond acceptors (Lipinski definition) is 7. The van der Waals surface area contributed by atoms with E-state index in [-0.39, 0.29) is 0 Å². The largest absolute Gasteiger partial charge is 0.496 e. The second-order valence-corrected chi connectivity index (χ2v) is 8.60. The Hall–Kier alpha value is -4.46. The van der Waals surface area contributed by atoms with Gasteiger partial charge in [-0.2, -0.15) is 0 Å². The van der Waals surface area contributed by atoms with E-state index >= 15 is 0 Å². The zero-order valence-electron chi connectivity index (χ0n) is 20.1. The maximum atomic E-state index is 5.82. The summed E-state index contributed by atoms with van der Waals surface area (Å²) < 4.78 is 17.0. The Morgan fingerprint density at radius 2 is 1.60 bits per heavy atom. The quantitative estimate of drug-likeness (QED) is 0.324. The van der Waals surface area contributed by atoms with Crippen molar-refractivity contribution in [2.24, 2.45) is 0 Å². The standard InChI is InChI=1S/C27H23N5O3/c1-13-22(15(3)34-31-13)19-11-20-18(12-21(19)33-5)24-25(28-16(4)29-27(24)30-20)23-14(2)32-35-26(23)17-9-7-6-8-10-17/h6-12H,1-5H3,(H,28,29,30). The highest BCUT2D eigenvalue weighted by atomic mass is 16.5. The number of benzene rings is 2. The molecule has 1 N–H and O–H groups in total. The molecule has 35 heavy (non-hydrogen) atoms. The van der Waals surface area contributed by atoms with E-state index in [1.165, 1.54) is 0 Å². The highest BCUT2D eigenvalue weighted by Gasteiger charge is 2.25. The van der Waals surface area contributed by atoms with Gasteiger partial charge in [0.15, 0.2) is 5.76 Å². The van der Waals surface area contributed by atoms with Gasteiger partial charge in [0.2, 0.25) is 0 Å². The minimum absolute atomic E-state index is 0.650. The van der Waals surface area contributed by atoms with Crippen molar-refractivity contribution in [3.63, 3.8) is 0 Å². The van der Waals surface area contributed by atoms with Crippen molar-refractivity contribution in [1.82, 2.24) is 25.3 Å². The van der Waals surface area contributed by atoms with Crippen molar-refractivity contribution in [1.29, 1.82) is 0 Å². The molecule has 0 saturated carbocycles. The highest BCUT2D eigenvalue weighted by molar-refractivity contribution is 6.14. The lowest BCUT2D eigenvalue weighted by molar-refractivity contribution is 0.393. The number of methoxy groups -OCH3 is 1. The summed E-state index contributed by atoms with van der Waals surface area (Å²) in [6, 6.07) is 14.0. The third-order valence-electron chi connectivity index (χ3n) is 6.32. The average molecular weight is 466 g/mol. The molecule has 0 aliphatic rings. The number of nitrogens with one attached hydrogen (secondary N) is 1. The summed E-state index contributed by atoms with van der Waals surface area (Å²) in [4.78, 5) is 13.1. The van der Waals surface area contributed by atoms with Gasteiger partial charge in [-0.25, -0.2) is 9.97 Å². The molecule has 8 heteroatoms. The molecule has 2 aromatic carbocycles. The summed E-state index contributed by atoms with van der Waals surface area (Å²) in [6.45, 7) is 7.64.